The lowest BCUT2D eigenvalue weighted by Crippen LogP contribution is -2.41. The number of fused-ring (bicyclic) bond motifs is 1. The minimum absolute atomic E-state index is 0.296. The van der Waals surface area contributed by atoms with Crippen LogP contribution in [0.5, 0.6) is 0 Å². The fourth-order valence-corrected chi connectivity index (χ4v) is 2.48. The van der Waals surface area contributed by atoms with Crippen LogP contribution in [0.2, 0.25) is 0 Å². The predicted octanol–water partition coefficient (Wildman–Crippen LogP) is 2.63. The van der Waals surface area contributed by atoms with Gasteiger partial charge in [-0.05, 0) is 51.7 Å². The summed E-state index contributed by atoms with van der Waals surface area (Å²) in [6.07, 6.45) is 0.957. The van der Waals surface area contributed by atoms with Crippen molar-refractivity contribution in [2.24, 2.45) is 4.99 Å². The fraction of sp³-hybridized carbons (Fsp3) is 0.533. The highest BCUT2D eigenvalue weighted by Gasteiger charge is 2.51. The van der Waals surface area contributed by atoms with Gasteiger partial charge < -0.3 is 9.31 Å². The van der Waals surface area contributed by atoms with Crippen LogP contribution in [0.3, 0.4) is 0 Å². The molecular formula is C15H20BNO2. The summed E-state index contributed by atoms with van der Waals surface area (Å²) in [5.74, 6) is 0. The lowest BCUT2D eigenvalue weighted by molar-refractivity contribution is 0.00578. The molecule has 0 radical (unpaired) electrons. The molecule has 3 rings (SSSR count). The first-order chi connectivity index (χ1) is 8.78. The Labute approximate surface area is 115 Å². The molecule has 1 fully saturated rings. The maximum atomic E-state index is 6.07. The summed E-state index contributed by atoms with van der Waals surface area (Å²) < 4.78 is 12.1. The molecule has 2 aliphatic heterocycles. The molecule has 100 valence electrons. The number of rotatable bonds is 1. The van der Waals surface area contributed by atoms with E-state index in [9.17, 15) is 0 Å². The molecule has 0 aromatic heterocycles. The normalized spacial score (nSPS) is 23.4. The smallest absolute Gasteiger partial charge is 0.399 e. The number of benzene rings is 1. The van der Waals surface area contributed by atoms with Gasteiger partial charge in [0, 0.05) is 12.1 Å². The van der Waals surface area contributed by atoms with Crippen LogP contribution in [0.25, 0.3) is 0 Å². The zero-order valence-electron chi connectivity index (χ0n) is 12.3. The molecule has 0 N–H and O–H groups in total. The van der Waals surface area contributed by atoms with Crippen molar-refractivity contribution < 1.29 is 9.31 Å². The summed E-state index contributed by atoms with van der Waals surface area (Å²) in [6.45, 7) is 10.4. The molecular weight excluding hydrogens is 237 g/mol. The van der Waals surface area contributed by atoms with E-state index in [2.05, 4.69) is 57.8 Å². The molecule has 4 heteroatoms. The van der Waals surface area contributed by atoms with Crippen molar-refractivity contribution in [2.75, 3.05) is 0 Å². The molecule has 0 unspecified atom stereocenters. The third-order valence-electron chi connectivity index (χ3n) is 4.39. The average Bonchev–Trinajstić information content (AvgIpc) is 2.74. The third-order valence-corrected chi connectivity index (χ3v) is 4.39. The highest BCUT2D eigenvalue weighted by atomic mass is 16.7. The summed E-state index contributed by atoms with van der Waals surface area (Å²) in [4.78, 5) is 4.56. The number of hydrogen-bond donors (Lipinski definition) is 0. The molecule has 0 saturated carbocycles. The van der Waals surface area contributed by atoms with Crippen molar-refractivity contribution in [2.45, 2.75) is 52.2 Å². The van der Waals surface area contributed by atoms with Crippen molar-refractivity contribution in [1.29, 1.82) is 0 Å². The van der Waals surface area contributed by atoms with Gasteiger partial charge in [-0.25, -0.2) is 0 Å². The minimum Gasteiger partial charge on any atom is -0.399 e. The van der Waals surface area contributed by atoms with Gasteiger partial charge in [0.15, 0.2) is 0 Å². The largest absolute Gasteiger partial charge is 0.494 e. The van der Waals surface area contributed by atoms with Gasteiger partial charge in [0.25, 0.3) is 0 Å². The Hall–Kier alpha value is -1.13. The summed E-state index contributed by atoms with van der Waals surface area (Å²) >= 11 is 0. The molecule has 1 aromatic carbocycles. The Kier molecular flexibility index (Phi) is 2.67. The predicted molar refractivity (Wildman–Crippen MR) is 78.6 cm³/mol. The van der Waals surface area contributed by atoms with E-state index in [1.165, 1.54) is 11.3 Å². The monoisotopic (exact) mass is 257 g/mol. The van der Waals surface area contributed by atoms with Gasteiger partial charge in [0.2, 0.25) is 0 Å². The molecule has 0 amide bonds. The van der Waals surface area contributed by atoms with Crippen LogP contribution in [0, 0.1) is 0 Å². The van der Waals surface area contributed by atoms with Gasteiger partial charge in [0.1, 0.15) is 0 Å². The number of aliphatic imine (C=N–C) groups is 1. The van der Waals surface area contributed by atoms with Gasteiger partial charge >= 0.3 is 7.12 Å². The van der Waals surface area contributed by atoms with Gasteiger partial charge in [-0.2, -0.15) is 0 Å². The van der Waals surface area contributed by atoms with Crippen molar-refractivity contribution in [1.82, 2.24) is 0 Å². The molecule has 2 aliphatic rings. The lowest BCUT2D eigenvalue weighted by Gasteiger charge is -2.32. The summed E-state index contributed by atoms with van der Waals surface area (Å²) in [6, 6.07) is 6.32. The van der Waals surface area contributed by atoms with Crippen LogP contribution < -0.4 is 5.46 Å². The highest BCUT2D eigenvalue weighted by molar-refractivity contribution is 6.62. The summed E-state index contributed by atoms with van der Waals surface area (Å²) in [7, 11) is -0.300. The van der Waals surface area contributed by atoms with E-state index >= 15 is 0 Å². The summed E-state index contributed by atoms with van der Waals surface area (Å²) in [5.41, 5.74) is 3.98. The molecule has 0 spiro atoms. The van der Waals surface area contributed by atoms with E-state index in [4.69, 9.17) is 9.31 Å². The van der Waals surface area contributed by atoms with Crippen molar-refractivity contribution in [3.05, 3.63) is 23.8 Å². The Morgan fingerprint density at radius 3 is 2.37 bits per heavy atom. The fourth-order valence-electron chi connectivity index (χ4n) is 2.48. The Bertz CT molecular complexity index is 547. The van der Waals surface area contributed by atoms with E-state index < -0.39 is 0 Å². The Balaban J connectivity index is 1.91. The van der Waals surface area contributed by atoms with E-state index in [0.29, 0.717) is 0 Å². The van der Waals surface area contributed by atoms with Crippen LogP contribution in [0.4, 0.5) is 5.69 Å². The molecule has 3 nitrogen and oxygen atoms in total. The molecule has 0 atom stereocenters. The van der Waals surface area contributed by atoms with Gasteiger partial charge in [0.05, 0.1) is 16.9 Å². The average molecular weight is 257 g/mol. The molecule has 0 bridgehead atoms. The summed E-state index contributed by atoms with van der Waals surface area (Å²) in [5, 5.41) is 0. The topological polar surface area (TPSA) is 30.8 Å². The van der Waals surface area contributed by atoms with Gasteiger partial charge in [-0.1, -0.05) is 12.1 Å². The molecule has 0 aliphatic carbocycles. The van der Waals surface area contributed by atoms with Crippen LogP contribution >= 0.6 is 0 Å². The molecule has 1 aromatic rings. The highest BCUT2D eigenvalue weighted by Crippen LogP contribution is 2.37. The van der Waals surface area contributed by atoms with Crippen LogP contribution in [0.15, 0.2) is 23.2 Å². The zero-order chi connectivity index (χ0) is 13.8. The lowest BCUT2D eigenvalue weighted by atomic mass is 9.78. The SMILES string of the molecule is CC1=Nc2cc(B3OC(C)(C)C(C)(C)O3)ccc2C1. The second kappa shape index (κ2) is 3.93. The maximum absolute atomic E-state index is 6.07. The molecule has 2 heterocycles. The molecule has 1 saturated heterocycles. The third kappa shape index (κ3) is 2.03. The number of hydrogen-bond acceptors (Lipinski definition) is 3. The van der Waals surface area contributed by atoms with Gasteiger partial charge in [-0.15, -0.1) is 0 Å². The first-order valence-electron chi connectivity index (χ1n) is 6.81. The van der Waals surface area contributed by atoms with Gasteiger partial charge in [-0.3, -0.25) is 4.99 Å². The zero-order valence-corrected chi connectivity index (χ0v) is 12.3. The van der Waals surface area contributed by atoms with Crippen molar-refractivity contribution >= 4 is 24.0 Å². The Morgan fingerprint density at radius 2 is 1.74 bits per heavy atom. The quantitative estimate of drug-likeness (QED) is 0.724. The van der Waals surface area contributed by atoms with Crippen molar-refractivity contribution in [3.8, 4) is 0 Å². The first-order valence-corrected chi connectivity index (χ1v) is 6.81. The number of nitrogens with zero attached hydrogens (tertiary/aromatic N) is 1. The van der Waals surface area contributed by atoms with E-state index in [1.807, 2.05) is 0 Å². The maximum Gasteiger partial charge on any atom is 0.494 e. The minimum atomic E-state index is -0.300. The second-order valence-corrected chi connectivity index (χ2v) is 6.50. The van der Waals surface area contributed by atoms with Crippen LogP contribution in [-0.4, -0.2) is 24.0 Å². The van der Waals surface area contributed by atoms with Crippen LogP contribution in [-0.2, 0) is 15.7 Å². The standard InChI is InChI=1S/C15H20BNO2/c1-10-8-11-6-7-12(9-13(11)17-10)16-18-14(2,3)15(4,5)19-16/h6-7,9H,8H2,1-5H3. The van der Waals surface area contributed by atoms with E-state index in [1.54, 1.807) is 0 Å². The Morgan fingerprint density at radius 1 is 1.11 bits per heavy atom. The molecule has 19 heavy (non-hydrogen) atoms. The second-order valence-electron chi connectivity index (χ2n) is 6.50. The van der Waals surface area contributed by atoms with Crippen LogP contribution in [0.1, 0.15) is 40.2 Å². The van der Waals surface area contributed by atoms with E-state index in [-0.39, 0.29) is 18.3 Å². The van der Waals surface area contributed by atoms with Crippen molar-refractivity contribution in [3.63, 3.8) is 0 Å². The first kappa shape index (κ1) is 12.9. The van der Waals surface area contributed by atoms with E-state index in [0.717, 1.165) is 17.6 Å².